The summed E-state index contributed by atoms with van der Waals surface area (Å²) in [7, 11) is 0. The van der Waals surface area contributed by atoms with Gasteiger partial charge < -0.3 is 0 Å². The molecule has 0 aromatic carbocycles. The van der Waals surface area contributed by atoms with Crippen LogP contribution in [0.3, 0.4) is 0 Å². The lowest BCUT2D eigenvalue weighted by Crippen LogP contribution is -2.28. The molecule has 0 N–H and O–H groups in total. The van der Waals surface area contributed by atoms with Crippen molar-refractivity contribution in [3.8, 4) is 0 Å². The molecule has 4 bridgehead atoms. The molecule has 8 atom stereocenters. The maximum atomic E-state index is 2.58. The van der Waals surface area contributed by atoms with E-state index in [2.05, 4.69) is 13.8 Å². The molecule has 0 aromatic heterocycles. The smallest absolute Gasteiger partial charge is 0.0266 e. The molecule has 6 aliphatic carbocycles. The Morgan fingerprint density at radius 3 is 1.45 bits per heavy atom. The molecule has 0 spiro atoms. The quantitative estimate of drug-likeness (QED) is 0.482. The van der Waals surface area contributed by atoms with Crippen LogP contribution in [-0.2, 0) is 0 Å². The molecule has 0 heterocycles. The maximum Gasteiger partial charge on any atom is -0.0266 e. The van der Waals surface area contributed by atoms with E-state index in [4.69, 9.17) is 0 Å². The van der Waals surface area contributed by atoms with Gasteiger partial charge in [0.05, 0.1) is 0 Å². The fraction of sp³-hybridized carbons (Fsp3) is 1.00. The van der Waals surface area contributed by atoms with E-state index in [0.717, 1.165) is 46.3 Å². The van der Waals surface area contributed by atoms with Crippen LogP contribution in [0.4, 0.5) is 0 Å². The third-order valence-electron chi connectivity index (χ3n) is 10.1. The van der Waals surface area contributed by atoms with Gasteiger partial charge in [0.25, 0.3) is 0 Å². The molecule has 6 fully saturated rings. The number of hydrogen-bond acceptors (Lipinski definition) is 0. The van der Waals surface area contributed by atoms with E-state index in [1.165, 1.54) is 12.8 Å². The van der Waals surface area contributed by atoms with Gasteiger partial charge in [0.15, 0.2) is 0 Å². The Morgan fingerprint density at radius 2 is 1.05 bits per heavy atom. The van der Waals surface area contributed by atoms with Crippen LogP contribution >= 0.6 is 0 Å². The van der Waals surface area contributed by atoms with Gasteiger partial charge >= 0.3 is 0 Å². The topological polar surface area (TPSA) is 0 Å². The van der Waals surface area contributed by atoms with E-state index in [1.54, 1.807) is 64.2 Å². The molecular weight excluding hydrogens is 264 g/mol. The Hall–Kier alpha value is 0. The molecule has 0 aromatic rings. The Balaban J connectivity index is 0.000000102. The van der Waals surface area contributed by atoms with Gasteiger partial charge in [0.2, 0.25) is 0 Å². The van der Waals surface area contributed by atoms with E-state index in [9.17, 15) is 0 Å². The molecule has 0 amide bonds. The minimum atomic E-state index is 0.822. The molecular formula is C22H36. The second-order valence-corrected chi connectivity index (χ2v) is 10.5. The van der Waals surface area contributed by atoms with E-state index in [0.29, 0.717) is 0 Å². The summed E-state index contributed by atoms with van der Waals surface area (Å²) in [5.74, 6) is 6.91. The van der Waals surface area contributed by atoms with Crippen LogP contribution in [0.15, 0.2) is 0 Å². The van der Waals surface area contributed by atoms with Crippen LogP contribution in [0.5, 0.6) is 0 Å². The zero-order valence-electron chi connectivity index (χ0n) is 14.9. The van der Waals surface area contributed by atoms with Crippen molar-refractivity contribution in [2.45, 2.75) is 90.9 Å². The highest BCUT2D eigenvalue weighted by molar-refractivity contribution is 5.07. The summed E-state index contributed by atoms with van der Waals surface area (Å²) < 4.78 is 0. The fourth-order valence-electron chi connectivity index (χ4n) is 8.96. The zero-order valence-corrected chi connectivity index (χ0v) is 14.9. The van der Waals surface area contributed by atoms with Crippen LogP contribution in [0.25, 0.3) is 0 Å². The minimum absolute atomic E-state index is 0.822. The van der Waals surface area contributed by atoms with E-state index < -0.39 is 0 Å². The summed E-state index contributed by atoms with van der Waals surface area (Å²) in [6.45, 7) is 5.16. The van der Waals surface area contributed by atoms with Gasteiger partial charge in [-0.3, -0.25) is 0 Å². The highest BCUT2D eigenvalue weighted by Gasteiger charge is 2.57. The summed E-state index contributed by atoms with van der Waals surface area (Å²) in [5.41, 5.74) is 1.64. The van der Waals surface area contributed by atoms with Crippen LogP contribution < -0.4 is 0 Å². The highest BCUT2D eigenvalue weighted by Crippen LogP contribution is 2.66. The zero-order chi connectivity index (χ0) is 14.9. The number of rotatable bonds is 0. The predicted octanol–water partition coefficient (Wildman–Crippen LogP) is 6.45. The average molecular weight is 301 g/mol. The molecule has 0 saturated heterocycles. The minimum Gasteiger partial charge on any atom is -0.0591 e. The van der Waals surface area contributed by atoms with Gasteiger partial charge in [-0.2, -0.15) is 0 Å². The average Bonchev–Trinajstić information content (AvgIpc) is 3.27. The normalized spacial score (nSPS) is 60.3. The van der Waals surface area contributed by atoms with Crippen molar-refractivity contribution in [1.82, 2.24) is 0 Å². The highest BCUT2D eigenvalue weighted by atomic mass is 14.6. The third kappa shape index (κ3) is 1.76. The van der Waals surface area contributed by atoms with Gasteiger partial charge in [-0.1, -0.05) is 26.7 Å². The van der Waals surface area contributed by atoms with Crippen molar-refractivity contribution >= 4 is 0 Å². The standard InChI is InChI=1S/2C11H18/c2*1-11-6-2-3-10(11)8-4-5-9(11)7-8/h2*8-10H,2-7H2,1H3/t8?,9?,10-,11+;/m0./s1. The Morgan fingerprint density at radius 1 is 0.591 bits per heavy atom. The van der Waals surface area contributed by atoms with E-state index in [1.807, 2.05) is 0 Å². The number of hydrogen-bond donors (Lipinski definition) is 0. The molecule has 6 rings (SSSR count). The summed E-state index contributed by atoms with van der Waals surface area (Å²) in [4.78, 5) is 0. The summed E-state index contributed by atoms with van der Waals surface area (Å²) in [6.07, 6.45) is 18.8. The van der Waals surface area contributed by atoms with Gasteiger partial charge in [-0.05, 0) is 111 Å². The molecule has 6 aliphatic rings. The van der Waals surface area contributed by atoms with Crippen LogP contribution in [-0.4, -0.2) is 0 Å². The summed E-state index contributed by atoms with van der Waals surface area (Å²) in [5, 5.41) is 0. The van der Waals surface area contributed by atoms with Gasteiger partial charge in [0.1, 0.15) is 0 Å². The first-order chi connectivity index (χ1) is 10.6. The third-order valence-corrected chi connectivity index (χ3v) is 10.1. The van der Waals surface area contributed by atoms with Gasteiger partial charge in [0, 0.05) is 0 Å². The molecule has 22 heavy (non-hydrogen) atoms. The first-order valence-electron chi connectivity index (χ1n) is 10.6. The van der Waals surface area contributed by atoms with Crippen LogP contribution in [0.2, 0.25) is 0 Å². The summed E-state index contributed by atoms with van der Waals surface area (Å²) in [6, 6.07) is 0. The first-order valence-corrected chi connectivity index (χ1v) is 10.6. The molecule has 0 radical (unpaired) electrons. The molecule has 0 heteroatoms. The molecule has 6 saturated carbocycles. The molecule has 0 aliphatic heterocycles. The lowest BCUT2D eigenvalue weighted by molar-refractivity contribution is 0.135. The summed E-state index contributed by atoms with van der Waals surface area (Å²) >= 11 is 0. The maximum absolute atomic E-state index is 2.58. The SMILES string of the molecule is CC12CCCC1C1CCC2C1.C[C@]12CCC[C@H]1C1CCC2C1. The van der Waals surface area contributed by atoms with E-state index in [-0.39, 0.29) is 0 Å². The lowest BCUT2D eigenvalue weighted by Gasteiger charge is -2.35. The predicted molar refractivity (Wildman–Crippen MR) is 92.6 cm³/mol. The Labute approximate surface area is 137 Å². The van der Waals surface area contributed by atoms with Crippen molar-refractivity contribution < 1.29 is 0 Å². The first kappa shape index (κ1) is 14.4. The van der Waals surface area contributed by atoms with Crippen molar-refractivity contribution in [2.75, 3.05) is 0 Å². The van der Waals surface area contributed by atoms with Crippen LogP contribution in [0.1, 0.15) is 90.9 Å². The van der Waals surface area contributed by atoms with Gasteiger partial charge in [-0.15, -0.1) is 0 Å². The van der Waals surface area contributed by atoms with Gasteiger partial charge in [-0.25, -0.2) is 0 Å². The van der Waals surface area contributed by atoms with Crippen LogP contribution in [0, 0.1) is 46.3 Å². The Kier molecular flexibility index (Phi) is 3.11. The van der Waals surface area contributed by atoms with Crippen molar-refractivity contribution in [1.29, 1.82) is 0 Å². The Bertz CT molecular complexity index is 411. The van der Waals surface area contributed by atoms with Crippen molar-refractivity contribution in [3.05, 3.63) is 0 Å². The second-order valence-electron chi connectivity index (χ2n) is 10.5. The molecule has 6 unspecified atom stereocenters. The second kappa shape index (κ2) is 4.76. The number of fused-ring (bicyclic) bond motifs is 10. The monoisotopic (exact) mass is 300 g/mol. The largest absolute Gasteiger partial charge is 0.0591 e. The molecule has 0 nitrogen and oxygen atoms in total. The molecule has 124 valence electrons. The van der Waals surface area contributed by atoms with Crippen molar-refractivity contribution in [3.63, 3.8) is 0 Å². The van der Waals surface area contributed by atoms with E-state index >= 15 is 0 Å². The lowest BCUT2D eigenvalue weighted by atomic mass is 9.69. The fourth-order valence-corrected chi connectivity index (χ4v) is 8.96. The van der Waals surface area contributed by atoms with Crippen molar-refractivity contribution in [2.24, 2.45) is 46.3 Å².